The molecule has 0 bridgehead atoms. The number of fused-ring (bicyclic) bond motifs is 3. The van der Waals surface area contributed by atoms with Crippen molar-refractivity contribution in [3.63, 3.8) is 0 Å². The molecule has 0 unspecified atom stereocenters. The molecule has 1 aliphatic heterocycles. The topological polar surface area (TPSA) is 103 Å². The van der Waals surface area contributed by atoms with E-state index in [0.717, 1.165) is 49.2 Å². The predicted molar refractivity (Wildman–Crippen MR) is 181 cm³/mol. The maximum absolute atomic E-state index is 13.2. The van der Waals surface area contributed by atoms with Crippen LogP contribution in [-0.2, 0) is 20.6 Å². The molecule has 6 rings (SSSR count). The maximum atomic E-state index is 13.2. The average Bonchev–Trinajstić information content (AvgIpc) is 3.68. The number of anilines is 1. The normalized spacial score (nSPS) is 22.3. The molecule has 2 aromatic carbocycles. The smallest absolute Gasteiger partial charge is 0.410 e. The number of amides is 1. The molecule has 2 N–H and O–H groups in total. The van der Waals surface area contributed by atoms with Crippen LogP contribution >= 0.6 is 0 Å². The zero-order valence-corrected chi connectivity index (χ0v) is 28.0. The van der Waals surface area contributed by atoms with Crippen LogP contribution in [0.3, 0.4) is 0 Å². The third kappa shape index (κ3) is 7.14. The van der Waals surface area contributed by atoms with E-state index in [2.05, 4.69) is 79.9 Å². The molecule has 2 fully saturated rings. The molecule has 246 valence electrons. The van der Waals surface area contributed by atoms with Crippen molar-refractivity contribution in [3.05, 3.63) is 66.6 Å². The number of hydrogen-bond donors (Lipinski definition) is 2. The van der Waals surface area contributed by atoms with E-state index in [-0.39, 0.29) is 30.3 Å². The van der Waals surface area contributed by atoms with Crippen LogP contribution in [0.25, 0.3) is 21.8 Å². The second-order valence-electron chi connectivity index (χ2n) is 14.0. The fourth-order valence-electron chi connectivity index (χ4n) is 6.93. The molecule has 4 aromatic rings. The molecule has 2 aromatic heterocycles. The number of nitrogens with one attached hydrogen (secondary N) is 2. The fourth-order valence-corrected chi connectivity index (χ4v) is 6.93. The lowest BCUT2D eigenvalue weighted by molar-refractivity contribution is -0.160. The Morgan fingerprint density at radius 2 is 1.85 bits per heavy atom. The highest BCUT2D eigenvalue weighted by atomic mass is 16.8. The van der Waals surface area contributed by atoms with Crippen molar-refractivity contribution in [1.82, 2.24) is 24.8 Å². The molecule has 4 atom stereocenters. The van der Waals surface area contributed by atoms with Crippen molar-refractivity contribution in [1.29, 1.82) is 0 Å². The van der Waals surface area contributed by atoms with Gasteiger partial charge in [0.2, 0.25) is 0 Å². The van der Waals surface area contributed by atoms with Crippen LogP contribution in [0, 0.1) is 5.92 Å². The Balaban J connectivity index is 1.06. The van der Waals surface area contributed by atoms with Gasteiger partial charge in [-0.25, -0.2) is 14.8 Å². The van der Waals surface area contributed by atoms with Gasteiger partial charge >= 0.3 is 6.09 Å². The van der Waals surface area contributed by atoms with E-state index in [0.29, 0.717) is 13.1 Å². The van der Waals surface area contributed by atoms with E-state index in [1.54, 1.807) is 6.33 Å². The van der Waals surface area contributed by atoms with Crippen molar-refractivity contribution in [2.45, 2.75) is 83.5 Å². The summed E-state index contributed by atoms with van der Waals surface area (Å²) in [6, 6.07) is 17.0. The highest BCUT2D eigenvalue weighted by molar-refractivity contribution is 5.87. The summed E-state index contributed by atoms with van der Waals surface area (Å²) in [5.74, 6) is 0.451. The van der Waals surface area contributed by atoms with Crippen LogP contribution in [0.5, 0.6) is 0 Å². The number of aromatic nitrogens is 3. The first-order chi connectivity index (χ1) is 22.0. The first-order valence-electron chi connectivity index (χ1n) is 16.5. The summed E-state index contributed by atoms with van der Waals surface area (Å²) in [5.41, 5.74) is 1.56. The van der Waals surface area contributed by atoms with Crippen molar-refractivity contribution in [2.75, 3.05) is 38.5 Å². The van der Waals surface area contributed by atoms with Gasteiger partial charge in [-0.1, -0.05) is 42.5 Å². The monoisotopic (exact) mass is 628 g/mol. The lowest BCUT2D eigenvalue weighted by Gasteiger charge is -2.28. The van der Waals surface area contributed by atoms with E-state index in [1.807, 2.05) is 46.6 Å². The molecule has 0 radical (unpaired) electrons. The Kier molecular flexibility index (Phi) is 9.23. The standard InChI is InChI=1S/C36H48N6O4/c1-35(2,3)46-34(43)41(18-14-24-12-13-25-10-7-8-11-26(25)20-24)17-9-16-38-22-27-21-29(31-30(27)44-36(4,5)45-31)42-19-15-28-32(37-6)39-23-40-33(28)42/h7-8,10-13,15,19-20,23,27,29-31,38H,9,14,16-18,21-22H2,1-6H3,(H,37,39,40)/t27-,29-,30-,31+/m1/s1. The van der Waals surface area contributed by atoms with Crippen molar-refractivity contribution in [2.24, 2.45) is 5.92 Å². The van der Waals surface area contributed by atoms with Crippen LogP contribution in [0.4, 0.5) is 10.6 Å². The quantitative estimate of drug-likeness (QED) is 0.190. The molecule has 2 aliphatic rings. The Morgan fingerprint density at radius 3 is 2.63 bits per heavy atom. The van der Waals surface area contributed by atoms with Crippen LogP contribution < -0.4 is 10.6 Å². The summed E-state index contributed by atoms with van der Waals surface area (Å²) < 4.78 is 20.9. The number of nitrogens with zero attached hydrogens (tertiary/aromatic N) is 4. The summed E-state index contributed by atoms with van der Waals surface area (Å²) in [6.45, 7) is 12.5. The summed E-state index contributed by atoms with van der Waals surface area (Å²) in [6.07, 6.45) is 5.85. The molecule has 1 amide bonds. The minimum absolute atomic E-state index is 0.0178. The fraction of sp³-hybridized carbons (Fsp3) is 0.528. The van der Waals surface area contributed by atoms with E-state index < -0.39 is 11.4 Å². The van der Waals surface area contributed by atoms with E-state index in [4.69, 9.17) is 14.2 Å². The number of benzene rings is 2. The van der Waals surface area contributed by atoms with Gasteiger partial charge in [-0.3, -0.25) is 0 Å². The van der Waals surface area contributed by atoms with Gasteiger partial charge in [0.1, 0.15) is 29.5 Å². The number of hydrogen-bond acceptors (Lipinski definition) is 8. The second-order valence-corrected chi connectivity index (χ2v) is 14.0. The first-order valence-corrected chi connectivity index (χ1v) is 16.5. The molecule has 46 heavy (non-hydrogen) atoms. The lowest BCUT2D eigenvalue weighted by atomic mass is 10.0. The van der Waals surface area contributed by atoms with Gasteiger partial charge in [0, 0.05) is 38.8 Å². The van der Waals surface area contributed by atoms with Crippen LogP contribution in [0.2, 0.25) is 0 Å². The van der Waals surface area contributed by atoms with Crippen LogP contribution in [-0.4, -0.2) is 82.4 Å². The molecule has 1 aliphatic carbocycles. The maximum Gasteiger partial charge on any atom is 0.410 e. The summed E-state index contributed by atoms with van der Waals surface area (Å²) in [5, 5.41) is 10.3. The summed E-state index contributed by atoms with van der Waals surface area (Å²) >= 11 is 0. The summed E-state index contributed by atoms with van der Waals surface area (Å²) in [7, 11) is 1.88. The minimum Gasteiger partial charge on any atom is -0.444 e. The van der Waals surface area contributed by atoms with Crippen molar-refractivity contribution < 1.29 is 19.0 Å². The largest absolute Gasteiger partial charge is 0.444 e. The van der Waals surface area contributed by atoms with Gasteiger partial charge in [-0.05, 0) is 82.8 Å². The molecular formula is C36H48N6O4. The second kappa shape index (κ2) is 13.2. The Hall–Kier alpha value is -3.73. The molecule has 1 saturated carbocycles. The number of ether oxygens (including phenoxy) is 3. The number of carbonyl (C=O) groups excluding carboxylic acids is 1. The predicted octanol–water partition coefficient (Wildman–Crippen LogP) is 6.17. The number of carbonyl (C=O) groups is 1. The highest BCUT2D eigenvalue weighted by Crippen LogP contribution is 2.47. The van der Waals surface area contributed by atoms with Crippen molar-refractivity contribution >= 4 is 33.7 Å². The Morgan fingerprint density at radius 1 is 1.07 bits per heavy atom. The highest BCUT2D eigenvalue weighted by Gasteiger charge is 2.54. The molecule has 10 nitrogen and oxygen atoms in total. The molecule has 1 saturated heterocycles. The summed E-state index contributed by atoms with van der Waals surface area (Å²) in [4.78, 5) is 24.0. The van der Waals surface area contributed by atoms with E-state index in [1.165, 1.54) is 16.3 Å². The number of rotatable bonds is 11. The van der Waals surface area contributed by atoms with Gasteiger partial charge in [-0.2, -0.15) is 0 Å². The van der Waals surface area contributed by atoms with Gasteiger partial charge in [0.25, 0.3) is 0 Å². The van der Waals surface area contributed by atoms with Gasteiger partial charge in [-0.15, -0.1) is 0 Å². The molecule has 0 spiro atoms. The van der Waals surface area contributed by atoms with Crippen LogP contribution in [0.1, 0.15) is 59.1 Å². The Labute approximate surface area is 271 Å². The Bertz CT molecular complexity index is 1660. The van der Waals surface area contributed by atoms with E-state index in [9.17, 15) is 4.79 Å². The minimum atomic E-state index is -0.640. The van der Waals surface area contributed by atoms with E-state index >= 15 is 0 Å². The zero-order valence-electron chi connectivity index (χ0n) is 28.0. The van der Waals surface area contributed by atoms with Gasteiger partial charge in [0.15, 0.2) is 5.79 Å². The molecule has 3 heterocycles. The van der Waals surface area contributed by atoms with Gasteiger partial charge in [0.05, 0.1) is 17.5 Å². The molecule has 10 heteroatoms. The average molecular weight is 629 g/mol. The zero-order chi connectivity index (χ0) is 32.5. The molecular weight excluding hydrogens is 580 g/mol. The van der Waals surface area contributed by atoms with Crippen molar-refractivity contribution in [3.8, 4) is 0 Å². The SMILES string of the molecule is CNc1ncnc2c1ccn2[C@@H]1C[C@H](CNCCCN(CCc2ccc3ccccc3c2)C(=O)OC(C)(C)C)[C@H]2OC(C)(C)O[C@H]21. The third-order valence-corrected chi connectivity index (χ3v) is 8.98. The first kappa shape index (κ1) is 32.2. The lowest BCUT2D eigenvalue weighted by Crippen LogP contribution is -2.39. The third-order valence-electron chi connectivity index (χ3n) is 8.98. The van der Waals surface area contributed by atoms with Crippen LogP contribution in [0.15, 0.2) is 61.1 Å². The van der Waals surface area contributed by atoms with Gasteiger partial charge < -0.3 is 34.3 Å².